The summed E-state index contributed by atoms with van der Waals surface area (Å²) in [5.41, 5.74) is 6.00. The Morgan fingerprint density at radius 1 is 1.47 bits per heavy atom. The van der Waals surface area contributed by atoms with Crippen LogP contribution in [0.2, 0.25) is 0 Å². The van der Waals surface area contributed by atoms with Crippen molar-refractivity contribution < 1.29 is 19.6 Å². The highest BCUT2D eigenvalue weighted by molar-refractivity contribution is 6.07. The zero-order valence-electron chi connectivity index (χ0n) is 8.10. The van der Waals surface area contributed by atoms with Crippen LogP contribution in [0.5, 0.6) is 0 Å². The van der Waals surface area contributed by atoms with Crippen molar-refractivity contribution in [3.63, 3.8) is 0 Å². The maximum Gasteiger partial charge on any atom is 0.343 e. The number of carbonyl (C=O) groups excluding carboxylic acids is 1. The van der Waals surface area contributed by atoms with Gasteiger partial charge in [-0.2, -0.15) is 0 Å². The van der Waals surface area contributed by atoms with E-state index in [-0.39, 0.29) is 0 Å². The third-order valence-corrected chi connectivity index (χ3v) is 1.82. The highest BCUT2D eigenvalue weighted by atomic mass is 16.6. The van der Waals surface area contributed by atoms with Gasteiger partial charge in [-0.1, -0.05) is 6.07 Å². The van der Waals surface area contributed by atoms with Gasteiger partial charge in [-0.3, -0.25) is 14.9 Å². The van der Waals surface area contributed by atoms with E-state index in [1.54, 1.807) is 0 Å². The summed E-state index contributed by atoms with van der Waals surface area (Å²) in [4.78, 5) is 34.0. The van der Waals surface area contributed by atoms with Gasteiger partial charge in [-0.05, 0) is 16.7 Å². The highest BCUT2D eigenvalue weighted by Gasteiger charge is 2.26. The molecule has 9 nitrogen and oxygen atoms in total. The van der Waals surface area contributed by atoms with E-state index in [1.165, 1.54) is 0 Å². The molecule has 1 aromatic carbocycles. The second-order valence-corrected chi connectivity index (χ2v) is 2.76. The van der Waals surface area contributed by atoms with Gasteiger partial charge in [-0.25, -0.2) is 4.79 Å². The molecule has 0 heterocycles. The molecule has 0 aliphatic carbocycles. The second-order valence-electron chi connectivity index (χ2n) is 2.76. The van der Waals surface area contributed by atoms with Crippen molar-refractivity contribution in [2.45, 2.75) is 0 Å². The van der Waals surface area contributed by atoms with Gasteiger partial charge < -0.3 is 5.11 Å². The molecule has 0 aliphatic rings. The minimum atomic E-state index is -1.64. The van der Waals surface area contributed by atoms with Gasteiger partial charge in [0.25, 0.3) is 5.69 Å². The zero-order chi connectivity index (χ0) is 13.0. The number of amides is 1. The van der Waals surface area contributed by atoms with E-state index in [0.29, 0.717) is 0 Å². The minimum Gasteiger partial charge on any atom is -0.477 e. The summed E-state index contributed by atoms with van der Waals surface area (Å²) in [7, 11) is 0. The average Bonchev–Trinajstić information content (AvgIpc) is 2.28. The molecule has 1 aromatic rings. The van der Waals surface area contributed by atoms with Crippen LogP contribution in [-0.4, -0.2) is 21.9 Å². The number of benzene rings is 1. The van der Waals surface area contributed by atoms with Crippen molar-refractivity contribution in [1.82, 2.24) is 0 Å². The molecule has 1 N–H and O–H groups in total. The van der Waals surface area contributed by atoms with Crippen LogP contribution < -0.4 is 0 Å². The molecular weight excluding hydrogens is 232 g/mol. The largest absolute Gasteiger partial charge is 0.477 e. The van der Waals surface area contributed by atoms with E-state index in [0.717, 1.165) is 18.2 Å². The van der Waals surface area contributed by atoms with E-state index in [9.17, 15) is 19.7 Å². The third-order valence-electron chi connectivity index (χ3n) is 1.82. The standard InChI is InChI=1S/C8H4N4O5/c9-11-10-7(13)4-2-1-3-5(12(16)17)6(4)8(14)15/h1-3H,(H,14,15). The van der Waals surface area contributed by atoms with Crippen molar-refractivity contribution in [3.8, 4) is 0 Å². The Morgan fingerprint density at radius 2 is 2.12 bits per heavy atom. The number of carboxylic acids is 1. The Bertz CT molecular complexity index is 561. The Balaban J connectivity index is 3.56. The normalized spacial score (nSPS) is 9.18. The fourth-order valence-electron chi connectivity index (χ4n) is 1.19. The Hall–Kier alpha value is -2.93. The van der Waals surface area contributed by atoms with Crippen molar-refractivity contribution in [2.24, 2.45) is 5.11 Å². The lowest BCUT2D eigenvalue weighted by Gasteiger charge is -2.02. The van der Waals surface area contributed by atoms with Crippen molar-refractivity contribution in [2.75, 3.05) is 0 Å². The molecule has 86 valence electrons. The van der Waals surface area contributed by atoms with Gasteiger partial charge in [-0.15, -0.1) is 0 Å². The van der Waals surface area contributed by atoms with Gasteiger partial charge >= 0.3 is 5.97 Å². The molecule has 0 aliphatic heterocycles. The molecule has 0 unspecified atom stereocenters. The number of hydrogen-bond acceptors (Lipinski definition) is 4. The molecule has 0 saturated carbocycles. The van der Waals surface area contributed by atoms with Crippen molar-refractivity contribution >= 4 is 17.6 Å². The Labute approximate surface area is 93.1 Å². The maximum atomic E-state index is 11.2. The summed E-state index contributed by atoms with van der Waals surface area (Å²) in [6.45, 7) is 0. The van der Waals surface area contributed by atoms with Gasteiger partial charge in [0.1, 0.15) is 5.56 Å². The topological polar surface area (TPSA) is 146 Å². The molecule has 0 fully saturated rings. The van der Waals surface area contributed by atoms with Crippen LogP contribution in [0.1, 0.15) is 20.7 Å². The van der Waals surface area contributed by atoms with Gasteiger partial charge in [0.15, 0.2) is 0 Å². The lowest BCUT2D eigenvalue weighted by molar-refractivity contribution is -0.385. The SMILES string of the molecule is [N-]=[N+]=NC(=O)c1cccc([N+](=O)[O-])c1C(=O)O. The summed E-state index contributed by atoms with van der Waals surface area (Å²) in [6, 6.07) is 3.11. The Morgan fingerprint density at radius 3 is 2.59 bits per heavy atom. The van der Waals surface area contributed by atoms with Gasteiger partial charge in [0.05, 0.1) is 4.92 Å². The first-order valence-electron chi connectivity index (χ1n) is 4.09. The zero-order valence-corrected chi connectivity index (χ0v) is 8.10. The predicted molar refractivity (Wildman–Crippen MR) is 53.5 cm³/mol. The van der Waals surface area contributed by atoms with Gasteiger partial charge in [0, 0.05) is 16.5 Å². The molecular formula is C8H4N4O5. The lowest BCUT2D eigenvalue weighted by atomic mass is 10.1. The monoisotopic (exact) mass is 236 g/mol. The second kappa shape index (κ2) is 4.73. The maximum absolute atomic E-state index is 11.2. The fraction of sp³-hybridized carbons (Fsp3) is 0. The molecule has 9 heteroatoms. The smallest absolute Gasteiger partial charge is 0.343 e. The van der Waals surface area contributed by atoms with Crippen LogP contribution in [0.15, 0.2) is 23.3 Å². The highest BCUT2D eigenvalue weighted by Crippen LogP contribution is 2.23. The molecule has 0 bridgehead atoms. The molecule has 0 radical (unpaired) electrons. The number of hydrogen-bond donors (Lipinski definition) is 1. The summed E-state index contributed by atoms with van der Waals surface area (Å²) in [5.74, 6) is -2.83. The van der Waals surface area contributed by atoms with E-state index in [4.69, 9.17) is 10.6 Å². The van der Waals surface area contributed by atoms with Crippen molar-refractivity contribution in [3.05, 3.63) is 49.9 Å². The van der Waals surface area contributed by atoms with Crippen LogP contribution in [0.3, 0.4) is 0 Å². The average molecular weight is 236 g/mol. The predicted octanol–water partition coefficient (Wildman–Crippen LogP) is 1.74. The molecule has 1 amide bonds. The number of nitro benzene ring substituents is 1. The van der Waals surface area contributed by atoms with Crippen LogP contribution in [-0.2, 0) is 0 Å². The number of aromatic carboxylic acids is 1. The number of nitro groups is 1. The van der Waals surface area contributed by atoms with E-state index in [1.807, 2.05) is 0 Å². The molecule has 0 atom stereocenters. The van der Waals surface area contributed by atoms with E-state index < -0.39 is 33.6 Å². The van der Waals surface area contributed by atoms with Crippen LogP contribution in [0.25, 0.3) is 10.4 Å². The van der Waals surface area contributed by atoms with E-state index >= 15 is 0 Å². The van der Waals surface area contributed by atoms with Crippen LogP contribution >= 0.6 is 0 Å². The molecule has 0 aromatic heterocycles. The number of carboxylic acid groups (broad SMARTS) is 1. The van der Waals surface area contributed by atoms with Crippen LogP contribution in [0, 0.1) is 10.1 Å². The van der Waals surface area contributed by atoms with Gasteiger partial charge in [0.2, 0.25) is 5.91 Å². The summed E-state index contributed by atoms with van der Waals surface area (Å²) in [6.07, 6.45) is 0. The first-order chi connectivity index (χ1) is 7.99. The first-order valence-corrected chi connectivity index (χ1v) is 4.09. The number of carbonyl (C=O) groups is 2. The number of rotatable bonds is 3. The summed E-state index contributed by atoms with van der Waals surface area (Å²) in [5, 5.41) is 22.1. The molecule has 0 saturated heterocycles. The number of azide groups is 1. The third kappa shape index (κ3) is 2.36. The quantitative estimate of drug-likeness (QED) is 0.279. The van der Waals surface area contributed by atoms with Crippen molar-refractivity contribution in [1.29, 1.82) is 0 Å². The van der Waals surface area contributed by atoms with Crippen LogP contribution in [0.4, 0.5) is 5.69 Å². The lowest BCUT2D eigenvalue weighted by Crippen LogP contribution is -2.10. The fourth-order valence-corrected chi connectivity index (χ4v) is 1.19. The summed E-state index contributed by atoms with van der Waals surface area (Å²) < 4.78 is 0. The molecule has 1 rings (SSSR count). The number of nitrogens with zero attached hydrogens (tertiary/aromatic N) is 4. The minimum absolute atomic E-state index is 0.524. The summed E-state index contributed by atoms with van der Waals surface area (Å²) >= 11 is 0. The first kappa shape index (κ1) is 12.1. The Kier molecular flexibility index (Phi) is 3.38. The molecule has 0 spiro atoms. The molecule has 17 heavy (non-hydrogen) atoms. The van der Waals surface area contributed by atoms with E-state index in [2.05, 4.69) is 10.0 Å².